The van der Waals surface area contributed by atoms with Gasteiger partial charge in [-0.05, 0) is 42.4 Å². The monoisotopic (exact) mass is 315 g/mol. The summed E-state index contributed by atoms with van der Waals surface area (Å²) in [6, 6.07) is -0.168. The van der Waals surface area contributed by atoms with Gasteiger partial charge in [0.15, 0.2) is 0 Å². The van der Waals surface area contributed by atoms with E-state index < -0.39 is 12.0 Å². The molecule has 23 heavy (non-hydrogen) atoms. The second kappa shape index (κ2) is 5.40. The average Bonchev–Trinajstić information content (AvgIpc) is 3.00. The van der Waals surface area contributed by atoms with Crippen molar-refractivity contribution in [2.24, 2.45) is 16.7 Å². The molecular formula is C19H25NO3. The average molecular weight is 315 g/mol. The van der Waals surface area contributed by atoms with E-state index in [2.05, 4.69) is 39.2 Å². The molecule has 0 aromatic carbocycles. The van der Waals surface area contributed by atoms with E-state index in [1.54, 1.807) is 0 Å². The van der Waals surface area contributed by atoms with Gasteiger partial charge >= 0.3 is 12.0 Å². The Morgan fingerprint density at radius 1 is 1.48 bits per heavy atom. The molecular weight excluding hydrogens is 290 g/mol. The number of ether oxygens (including phenoxy) is 1. The van der Waals surface area contributed by atoms with Crippen LogP contribution >= 0.6 is 0 Å². The highest BCUT2D eigenvalue weighted by Crippen LogP contribution is 2.68. The fourth-order valence-electron chi connectivity index (χ4n) is 4.86. The van der Waals surface area contributed by atoms with E-state index in [0.29, 0.717) is 12.3 Å². The SMILES string of the molecule is C=CCCCC#CC(=O)N1C(=O)O[C@@H]2[C@H]3CC[C@@](C)([C@@H]21)C3(C)C. The van der Waals surface area contributed by atoms with Crippen molar-refractivity contribution in [3.05, 3.63) is 12.7 Å². The Morgan fingerprint density at radius 2 is 2.22 bits per heavy atom. The zero-order chi connectivity index (χ0) is 16.8. The van der Waals surface area contributed by atoms with E-state index >= 15 is 0 Å². The summed E-state index contributed by atoms with van der Waals surface area (Å²) in [6.45, 7) is 10.3. The maximum absolute atomic E-state index is 12.5. The fourth-order valence-corrected chi connectivity index (χ4v) is 4.86. The number of amides is 2. The number of carbonyl (C=O) groups excluding carboxylic acids is 2. The quantitative estimate of drug-likeness (QED) is 0.455. The summed E-state index contributed by atoms with van der Waals surface area (Å²) in [5.41, 5.74) is -0.0202. The largest absolute Gasteiger partial charge is 0.443 e. The lowest BCUT2D eigenvalue weighted by Crippen LogP contribution is -2.50. The van der Waals surface area contributed by atoms with Crippen LogP contribution in [0.2, 0.25) is 0 Å². The molecule has 0 radical (unpaired) electrons. The van der Waals surface area contributed by atoms with Gasteiger partial charge in [0, 0.05) is 12.3 Å². The summed E-state index contributed by atoms with van der Waals surface area (Å²) in [6.07, 6.45) is 5.65. The molecule has 3 aliphatic rings. The molecule has 2 saturated carbocycles. The van der Waals surface area contributed by atoms with E-state index in [0.717, 1.165) is 25.7 Å². The normalized spacial score (nSPS) is 36.2. The second-order valence-electron chi connectivity index (χ2n) is 7.74. The van der Waals surface area contributed by atoms with Crippen LogP contribution in [0.25, 0.3) is 0 Å². The number of imide groups is 1. The van der Waals surface area contributed by atoms with E-state index in [1.807, 2.05) is 6.08 Å². The van der Waals surface area contributed by atoms with Crippen molar-refractivity contribution in [3.8, 4) is 11.8 Å². The van der Waals surface area contributed by atoms with E-state index in [4.69, 9.17) is 4.74 Å². The van der Waals surface area contributed by atoms with Crippen LogP contribution < -0.4 is 0 Å². The smallest absolute Gasteiger partial charge is 0.418 e. The van der Waals surface area contributed by atoms with Gasteiger partial charge in [0.2, 0.25) is 0 Å². The summed E-state index contributed by atoms with van der Waals surface area (Å²) >= 11 is 0. The minimum atomic E-state index is -0.515. The Hall–Kier alpha value is -1.76. The van der Waals surface area contributed by atoms with Crippen LogP contribution in [-0.4, -0.2) is 29.0 Å². The Balaban J connectivity index is 1.80. The predicted molar refractivity (Wildman–Crippen MR) is 87.3 cm³/mol. The number of allylic oxidation sites excluding steroid dienone is 1. The lowest BCUT2D eigenvalue weighted by atomic mass is 9.69. The zero-order valence-electron chi connectivity index (χ0n) is 14.2. The molecule has 4 heteroatoms. The highest BCUT2D eigenvalue weighted by Gasteiger charge is 2.72. The molecule has 4 nitrogen and oxygen atoms in total. The van der Waals surface area contributed by atoms with Crippen molar-refractivity contribution in [2.45, 2.75) is 65.0 Å². The molecule has 0 spiro atoms. The molecule has 0 aromatic heterocycles. The standard InChI is InChI=1S/C19H25NO3/c1-5-6-7-8-9-10-14(21)20-16-15(23-17(20)22)13-11-12-19(16,4)18(13,2)3/h5,13,15-16H,1,6-8,11-12H2,2-4H3/t13-,15-,16-,19+/m1/s1. The highest BCUT2D eigenvalue weighted by molar-refractivity contribution is 6.04. The first-order valence-corrected chi connectivity index (χ1v) is 8.48. The number of hydrogen-bond donors (Lipinski definition) is 0. The molecule has 2 bridgehead atoms. The van der Waals surface area contributed by atoms with Crippen LogP contribution in [0.1, 0.15) is 52.9 Å². The van der Waals surface area contributed by atoms with Crippen LogP contribution in [0.3, 0.4) is 0 Å². The Kier molecular flexibility index (Phi) is 3.78. The van der Waals surface area contributed by atoms with Crippen LogP contribution in [0, 0.1) is 28.6 Å². The first-order chi connectivity index (χ1) is 10.8. The van der Waals surface area contributed by atoms with Crippen molar-refractivity contribution in [1.29, 1.82) is 0 Å². The molecule has 2 aliphatic carbocycles. The minimum absolute atomic E-state index is 0.0684. The van der Waals surface area contributed by atoms with Gasteiger partial charge in [0.05, 0.1) is 6.04 Å². The first-order valence-electron chi connectivity index (χ1n) is 8.48. The molecule has 1 heterocycles. The Morgan fingerprint density at radius 3 is 2.91 bits per heavy atom. The maximum Gasteiger partial charge on any atom is 0.418 e. The summed E-state index contributed by atoms with van der Waals surface area (Å²) in [4.78, 5) is 26.0. The van der Waals surface area contributed by atoms with Gasteiger partial charge in [0.1, 0.15) is 6.10 Å². The van der Waals surface area contributed by atoms with Crippen molar-refractivity contribution in [1.82, 2.24) is 4.90 Å². The lowest BCUT2D eigenvalue weighted by Gasteiger charge is -2.40. The first kappa shape index (κ1) is 16.1. The highest BCUT2D eigenvalue weighted by atomic mass is 16.6. The summed E-state index contributed by atoms with van der Waals surface area (Å²) in [7, 11) is 0. The van der Waals surface area contributed by atoms with E-state index in [-0.39, 0.29) is 23.0 Å². The predicted octanol–water partition coefficient (Wildman–Crippen LogP) is 3.52. The van der Waals surface area contributed by atoms with Crippen molar-refractivity contribution >= 4 is 12.0 Å². The van der Waals surface area contributed by atoms with Crippen LogP contribution in [0.5, 0.6) is 0 Å². The number of rotatable bonds is 3. The van der Waals surface area contributed by atoms with Crippen molar-refractivity contribution in [3.63, 3.8) is 0 Å². The molecule has 3 rings (SSSR count). The molecule has 0 N–H and O–H groups in total. The topological polar surface area (TPSA) is 46.6 Å². The molecule has 4 atom stereocenters. The molecule has 3 fully saturated rings. The second-order valence-corrected chi connectivity index (χ2v) is 7.74. The minimum Gasteiger partial charge on any atom is -0.443 e. The third-order valence-electron chi connectivity index (χ3n) is 6.57. The van der Waals surface area contributed by atoms with Crippen molar-refractivity contribution in [2.75, 3.05) is 0 Å². The molecule has 1 saturated heterocycles. The summed E-state index contributed by atoms with van der Waals surface area (Å²) in [5, 5.41) is 0. The van der Waals surface area contributed by atoms with Gasteiger partial charge in [0.25, 0.3) is 0 Å². The number of carbonyl (C=O) groups is 2. The molecule has 124 valence electrons. The Labute approximate surface area is 138 Å². The number of nitrogens with zero attached hydrogens (tertiary/aromatic N) is 1. The van der Waals surface area contributed by atoms with Gasteiger partial charge in [-0.2, -0.15) is 0 Å². The molecule has 0 aromatic rings. The summed E-state index contributed by atoms with van der Waals surface area (Å²) < 4.78 is 5.58. The van der Waals surface area contributed by atoms with Gasteiger partial charge in [-0.15, -0.1) is 6.58 Å². The Bertz CT molecular complexity index is 612. The van der Waals surface area contributed by atoms with E-state index in [9.17, 15) is 9.59 Å². The van der Waals surface area contributed by atoms with Crippen LogP contribution in [0.15, 0.2) is 12.7 Å². The summed E-state index contributed by atoms with van der Waals surface area (Å²) in [5.74, 6) is 5.43. The number of hydrogen-bond acceptors (Lipinski definition) is 3. The van der Waals surface area contributed by atoms with Gasteiger partial charge in [-0.3, -0.25) is 4.79 Å². The molecule has 2 amide bonds. The lowest BCUT2D eigenvalue weighted by molar-refractivity contribution is -0.125. The number of fused-ring (bicyclic) bond motifs is 5. The number of unbranched alkanes of at least 4 members (excludes halogenated alkanes) is 2. The van der Waals surface area contributed by atoms with Gasteiger partial charge in [-0.1, -0.05) is 32.8 Å². The zero-order valence-corrected chi connectivity index (χ0v) is 14.2. The van der Waals surface area contributed by atoms with E-state index in [1.165, 1.54) is 4.90 Å². The fraction of sp³-hybridized carbons (Fsp3) is 0.684. The van der Waals surface area contributed by atoms with Crippen LogP contribution in [-0.2, 0) is 9.53 Å². The maximum atomic E-state index is 12.5. The molecule has 0 unspecified atom stereocenters. The third-order valence-corrected chi connectivity index (χ3v) is 6.57. The molecule has 1 aliphatic heterocycles. The van der Waals surface area contributed by atoms with Gasteiger partial charge in [-0.25, -0.2) is 9.69 Å². The van der Waals surface area contributed by atoms with Gasteiger partial charge < -0.3 is 4.74 Å². The van der Waals surface area contributed by atoms with Crippen molar-refractivity contribution < 1.29 is 14.3 Å². The van der Waals surface area contributed by atoms with Crippen LogP contribution in [0.4, 0.5) is 4.79 Å². The third kappa shape index (κ3) is 2.13.